The van der Waals surface area contributed by atoms with Gasteiger partial charge in [-0.15, -0.1) is 0 Å². The van der Waals surface area contributed by atoms with Crippen LogP contribution in [0.4, 0.5) is 5.69 Å². The Labute approximate surface area is 136 Å². The molecule has 0 atom stereocenters. The maximum Gasteiger partial charge on any atom is 0.266 e. The molecule has 1 N–H and O–H groups in total. The summed E-state index contributed by atoms with van der Waals surface area (Å²) in [5, 5.41) is 3.39. The highest BCUT2D eigenvalue weighted by Gasteiger charge is 2.16. The number of anilines is 1. The highest BCUT2D eigenvalue weighted by atomic mass is 32.2. The van der Waals surface area contributed by atoms with E-state index < -0.39 is 10.0 Å². The van der Waals surface area contributed by atoms with Gasteiger partial charge in [-0.25, -0.2) is 18.4 Å². The van der Waals surface area contributed by atoms with Gasteiger partial charge < -0.3 is 4.52 Å². The number of benzene rings is 1. The second-order valence-corrected chi connectivity index (χ2v) is 6.68. The molecule has 0 spiro atoms. The molecule has 24 heavy (non-hydrogen) atoms. The van der Waals surface area contributed by atoms with E-state index in [0.717, 1.165) is 23.7 Å². The number of hydrogen-bond donors (Lipinski definition) is 1. The van der Waals surface area contributed by atoms with Crippen molar-refractivity contribution in [3.8, 4) is 11.3 Å². The normalized spacial score (nSPS) is 11.7. The highest BCUT2D eigenvalue weighted by molar-refractivity contribution is 7.92. The number of rotatable bonds is 4. The molecule has 0 aliphatic carbocycles. The number of imidazole rings is 1. The molecule has 9 heteroatoms. The molecule has 0 bridgehead atoms. The first-order valence-electron chi connectivity index (χ1n) is 6.94. The summed E-state index contributed by atoms with van der Waals surface area (Å²) in [6.07, 6.45) is 7.61. The molecular weight excluding hydrogens is 330 g/mol. The minimum Gasteiger partial charge on any atom is -0.363 e. The smallest absolute Gasteiger partial charge is 0.266 e. The second-order valence-electron chi connectivity index (χ2n) is 5.00. The molecule has 4 rings (SSSR count). The van der Waals surface area contributed by atoms with Crippen LogP contribution in [0, 0.1) is 0 Å². The van der Waals surface area contributed by atoms with Crippen molar-refractivity contribution in [2.75, 3.05) is 4.72 Å². The lowest BCUT2D eigenvalue weighted by Crippen LogP contribution is -2.11. The summed E-state index contributed by atoms with van der Waals surface area (Å²) >= 11 is 0. The zero-order valence-corrected chi connectivity index (χ0v) is 13.0. The van der Waals surface area contributed by atoms with E-state index in [9.17, 15) is 8.42 Å². The monoisotopic (exact) mass is 341 g/mol. The molecule has 0 aliphatic rings. The first-order chi connectivity index (χ1) is 11.6. The largest absolute Gasteiger partial charge is 0.363 e. The number of nitrogens with one attached hydrogen (secondary N) is 1. The Hall–Kier alpha value is -3.20. The molecule has 4 aromatic rings. The van der Waals surface area contributed by atoms with Gasteiger partial charge in [-0.05, 0) is 18.2 Å². The average Bonchev–Trinajstić information content (AvgIpc) is 3.25. The van der Waals surface area contributed by atoms with Crippen molar-refractivity contribution in [1.82, 2.24) is 19.5 Å². The van der Waals surface area contributed by atoms with E-state index >= 15 is 0 Å². The molecule has 0 aliphatic heterocycles. The highest BCUT2D eigenvalue weighted by Crippen LogP contribution is 2.22. The van der Waals surface area contributed by atoms with Gasteiger partial charge in [0.15, 0.2) is 0 Å². The van der Waals surface area contributed by atoms with Crippen LogP contribution in [0.2, 0.25) is 0 Å². The lowest BCUT2D eigenvalue weighted by molar-refractivity contribution is 0.417. The molecule has 120 valence electrons. The first-order valence-corrected chi connectivity index (χ1v) is 8.42. The molecule has 8 nitrogen and oxygen atoms in total. The summed E-state index contributed by atoms with van der Waals surface area (Å²) in [5.41, 5.74) is 2.04. The minimum absolute atomic E-state index is 0.0296. The van der Waals surface area contributed by atoms with E-state index in [1.54, 1.807) is 30.5 Å². The van der Waals surface area contributed by atoms with Gasteiger partial charge in [-0.1, -0.05) is 17.3 Å². The van der Waals surface area contributed by atoms with Gasteiger partial charge in [-0.3, -0.25) is 9.12 Å². The van der Waals surface area contributed by atoms with Crippen LogP contribution in [0.5, 0.6) is 0 Å². The molecule has 3 heterocycles. The minimum atomic E-state index is -3.70. The van der Waals surface area contributed by atoms with Crippen molar-refractivity contribution in [2.45, 2.75) is 4.90 Å². The third-order valence-electron chi connectivity index (χ3n) is 3.39. The van der Waals surface area contributed by atoms with Crippen molar-refractivity contribution in [1.29, 1.82) is 0 Å². The first kappa shape index (κ1) is 14.4. The fraction of sp³-hybridized carbons (Fsp3) is 0. The number of nitrogens with zero attached hydrogens (tertiary/aromatic N) is 4. The van der Waals surface area contributed by atoms with Crippen LogP contribution >= 0.6 is 0 Å². The third-order valence-corrected chi connectivity index (χ3v) is 4.72. The van der Waals surface area contributed by atoms with Crippen molar-refractivity contribution < 1.29 is 12.9 Å². The van der Waals surface area contributed by atoms with E-state index in [2.05, 4.69) is 24.4 Å². The van der Waals surface area contributed by atoms with Gasteiger partial charge >= 0.3 is 0 Å². The Morgan fingerprint density at radius 1 is 1.17 bits per heavy atom. The molecule has 0 unspecified atom stereocenters. The summed E-state index contributed by atoms with van der Waals surface area (Å²) in [5.74, 6) is 0.602. The Bertz CT molecular complexity index is 1050. The lowest BCUT2D eigenvalue weighted by Gasteiger charge is -2.06. The van der Waals surface area contributed by atoms with Crippen LogP contribution in [-0.4, -0.2) is 27.9 Å². The average molecular weight is 341 g/mol. The lowest BCUT2D eigenvalue weighted by atomic mass is 10.1. The van der Waals surface area contributed by atoms with Gasteiger partial charge in [0.05, 0.1) is 11.9 Å². The summed E-state index contributed by atoms with van der Waals surface area (Å²) in [6, 6.07) is 8.72. The molecule has 0 amide bonds. The van der Waals surface area contributed by atoms with E-state index in [0.29, 0.717) is 11.5 Å². The fourth-order valence-electron chi connectivity index (χ4n) is 2.22. The van der Waals surface area contributed by atoms with Gasteiger partial charge in [0.25, 0.3) is 10.0 Å². The summed E-state index contributed by atoms with van der Waals surface area (Å²) in [4.78, 5) is 8.56. The van der Waals surface area contributed by atoms with E-state index in [1.165, 1.54) is 0 Å². The van der Waals surface area contributed by atoms with Gasteiger partial charge in [0, 0.05) is 29.8 Å². The van der Waals surface area contributed by atoms with Crippen molar-refractivity contribution in [2.24, 2.45) is 0 Å². The Balaban J connectivity index is 1.61. The van der Waals surface area contributed by atoms with Gasteiger partial charge in [0.1, 0.15) is 11.2 Å². The summed E-state index contributed by atoms with van der Waals surface area (Å²) in [6.45, 7) is 0. The number of sulfonamides is 1. The van der Waals surface area contributed by atoms with Crippen LogP contribution < -0.4 is 4.72 Å². The van der Waals surface area contributed by atoms with Gasteiger partial charge in [0.2, 0.25) is 5.78 Å². The zero-order chi connectivity index (χ0) is 16.6. The Morgan fingerprint density at radius 2 is 2.00 bits per heavy atom. The predicted molar refractivity (Wildman–Crippen MR) is 85.7 cm³/mol. The van der Waals surface area contributed by atoms with E-state index in [-0.39, 0.29) is 4.90 Å². The SMILES string of the molecule is O=S(=O)(Nc1ccc(-c2cn3cccnc3n2)cc1)c1cnoc1. The molecule has 0 saturated heterocycles. The Kier molecular flexibility index (Phi) is 3.28. The van der Waals surface area contributed by atoms with Crippen molar-refractivity contribution >= 4 is 21.5 Å². The second kappa shape index (κ2) is 5.46. The maximum absolute atomic E-state index is 12.1. The Morgan fingerprint density at radius 3 is 2.71 bits per heavy atom. The van der Waals surface area contributed by atoms with Crippen LogP contribution in [0.15, 0.2) is 70.8 Å². The summed E-state index contributed by atoms with van der Waals surface area (Å²) < 4.78 is 33.0. The summed E-state index contributed by atoms with van der Waals surface area (Å²) in [7, 11) is -3.70. The van der Waals surface area contributed by atoms with E-state index in [1.807, 2.05) is 22.9 Å². The number of hydrogen-bond acceptors (Lipinski definition) is 6. The predicted octanol–water partition coefficient (Wildman–Crippen LogP) is 2.19. The topological polar surface area (TPSA) is 102 Å². The standard InChI is InChI=1S/C15H11N5O3S/c21-24(22,13-8-17-23-10-13)19-12-4-2-11(3-5-12)14-9-20-7-1-6-16-15(20)18-14/h1-10,19H. The third kappa shape index (κ3) is 2.61. The molecule has 3 aromatic heterocycles. The maximum atomic E-state index is 12.1. The number of fused-ring (bicyclic) bond motifs is 1. The fourth-order valence-corrected chi connectivity index (χ4v) is 3.14. The van der Waals surface area contributed by atoms with Crippen molar-refractivity contribution in [3.63, 3.8) is 0 Å². The van der Waals surface area contributed by atoms with Crippen LogP contribution in [-0.2, 0) is 10.0 Å². The molecular formula is C15H11N5O3S. The van der Waals surface area contributed by atoms with Crippen LogP contribution in [0.3, 0.4) is 0 Å². The van der Waals surface area contributed by atoms with Crippen LogP contribution in [0.25, 0.3) is 17.0 Å². The molecule has 0 saturated carbocycles. The van der Waals surface area contributed by atoms with Gasteiger partial charge in [-0.2, -0.15) is 0 Å². The van der Waals surface area contributed by atoms with E-state index in [4.69, 9.17) is 0 Å². The number of aromatic nitrogens is 4. The molecule has 0 radical (unpaired) electrons. The van der Waals surface area contributed by atoms with Crippen LogP contribution in [0.1, 0.15) is 0 Å². The zero-order valence-electron chi connectivity index (χ0n) is 12.2. The molecule has 1 aromatic carbocycles. The van der Waals surface area contributed by atoms with Crippen molar-refractivity contribution in [3.05, 3.63) is 61.4 Å². The molecule has 0 fully saturated rings. The quantitative estimate of drug-likeness (QED) is 0.610.